The van der Waals surface area contributed by atoms with Gasteiger partial charge in [0.25, 0.3) is 0 Å². The highest BCUT2D eigenvalue weighted by molar-refractivity contribution is 8.17. The van der Waals surface area contributed by atoms with E-state index >= 15 is 0 Å². The molecule has 2 atom stereocenters. The number of nitrogens with zero attached hydrogens (tertiary/aromatic N) is 2. The summed E-state index contributed by atoms with van der Waals surface area (Å²) in [6.45, 7) is 2.14. The molecule has 5 heteroatoms. The van der Waals surface area contributed by atoms with Crippen molar-refractivity contribution in [1.82, 2.24) is 0 Å². The van der Waals surface area contributed by atoms with E-state index in [0.717, 1.165) is 43.9 Å². The molecule has 4 nitrogen and oxygen atoms in total. The number of unbranched alkanes of at least 4 members (excludes halogenated alkanes) is 3. The van der Waals surface area contributed by atoms with Crippen LogP contribution in [0.15, 0.2) is 10.6 Å². The molecule has 0 saturated carbocycles. The lowest BCUT2D eigenvalue weighted by molar-refractivity contribution is 0.483. The van der Waals surface area contributed by atoms with E-state index in [1.165, 1.54) is 0 Å². The normalized spacial score (nSPS) is 23.6. The zero-order valence-corrected chi connectivity index (χ0v) is 11.4. The summed E-state index contributed by atoms with van der Waals surface area (Å²) in [7, 11) is 0. The summed E-state index contributed by atoms with van der Waals surface area (Å²) in [6.07, 6.45) is 5.17. The van der Waals surface area contributed by atoms with E-state index in [1.807, 2.05) is 0 Å². The molecule has 0 amide bonds. The average Bonchev–Trinajstić information content (AvgIpc) is 2.34. The lowest BCUT2D eigenvalue weighted by Gasteiger charge is -2.27. The maximum Gasteiger partial charge on any atom is 0.102 e. The molecule has 1 aliphatic heterocycles. The smallest absolute Gasteiger partial charge is 0.102 e. The van der Waals surface area contributed by atoms with Gasteiger partial charge in [0, 0.05) is 5.92 Å². The number of nitrogens with two attached hydrogens (primary N) is 1. The maximum absolute atomic E-state index is 9.16. The molecule has 1 aliphatic rings. The van der Waals surface area contributed by atoms with Gasteiger partial charge in [-0.05, 0) is 6.42 Å². The molecule has 0 unspecified atom stereocenters. The minimum atomic E-state index is -0.501. The van der Waals surface area contributed by atoms with Crippen molar-refractivity contribution in [3.8, 4) is 12.1 Å². The highest BCUT2D eigenvalue weighted by Gasteiger charge is 2.35. The van der Waals surface area contributed by atoms with Crippen LogP contribution in [0.25, 0.3) is 0 Å². The van der Waals surface area contributed by atoms with Crippen molar-refractivity contribution in [2.45, 2.75) is 39.0 Å². The number of allylic oxidation sites excluding steroid dienone is 1. The SMILES string of the molecule is CCCCCC[C@H]1C(C#N)=C(N)SC(=N)[C@H]1C#N. The zero-order valence-electron chi connectivity index (χ0n) is 10.6. The van der Waals surface area contributed by atoms with E-state index < -0.39 is 5.92 Å². The second-order valence-corrected chi connectivity index (χ2v) is 5.50. The second kappa shape index (κ2) is 7.08. The number of hydrogen-bond donors (Lipinski definition) is 2. The second-order valence-electron chi connectivity index (χ2n) is 4.42. The fourth-order valence-electron chi connectivity index (χ4n) is 2.16. The van der Waals surface area contributed by atoms with Gasteiger partial charge >= 0.3 is 0 Å². The third kappa shape index (κ3) is 3.27. The Kier molecular flexibility index (Phi) is 5.74. The molecular formula is C13H18N4S. The first-order valence-electron chi connectivity index (χ1n) is 6.21. The fraction of sp³-hybridized carbons (Fsp3) is 0.615. The molecule has 0 spiro atoms. The average molecular weight is 262 g/mol. The van der Waals surface area contributed by atoms with Crippen molar-refractivity contribution in [3.05, 3.63) is 10.6 Å². The predicted molar refractivity (Wildman–Crippen MR) is 73.5 cm³/mol. The Bertz CT molecular complexity index is 427. The Morgan fingerprint density at radius 3 is 2.61 bits per heavy atom. The van der Waals surface area contributed by atoms with Crippen LogP contribution in [0.1, 0.15) is 39.0 Å². The van der Waals surface area contributed by atoms with Gasteiger partial charge < -0.3 is 5.73 Å². The lowest BCUT2D eigenvalue weighted by atomic mass is 9.83. The molecule has 0 aromatic heterocycles. The highest BCUT2D eigenvalue weighted by atomic mass is 32.2. The number of thioether (sulfide) groups is 1. The Hall–Kier alpha value is -1.46. The van der Waals surface area contributed by atoms with Crippen molar-refractivity contribution in [2.75, 3.05) is 0 Å². The molecule has 0 fully saturated rings. The van der Waals surface area contributed by atoms with E-state index in [-0.39, 0.29) is 11.0 Å². The topological polar surface area (TPSA) is 97.4 Å². The molecule has 0 aliphatic carbocycles. The van der Waals surface area contributed by atoms with Gasteiger partial charge in [0.05, 0.1) is 27.8 Å². The van der Waals surface area contributed by atoms with E-state index in [2.05, 4.69) is 19.1 Å². The van der Waals surface area contributed by atoms with Crippen LogP contribution < -0.4 is 5.73 Å². The quantitative estimate of drug-likeness (QED) is 0.744. The van der Waals surface area contributed by atoms with Gasteiger partial charge in [-0.25, -0.2) is 0 Å². The summed E-state index contributed by atoms with van der Waals surface area (Å²) in [5.41, 5.74) is 6.29. The zero-order chi connectivity index (χ0) is 13.5. The van der Waals surface area contributed by atoms with Gasteiger partial charge in [-0.1, -0.05) is 44.4 Å². The lowest BCUT2D eigenvalue weighted by Crippen LogP contribution is -2.28. The third-order valence-electron chi connectivity index (χ3n) is 3.17. The Balaban J connectivity index is 2.81. The molecular weight excluding hydrogens is 244 g/mol. The fourth-order valence-corrected chi connectivity index (χ4v) is 3.05. The molecule has 0 aromatic carbocycles. The molecule has 0 bridgehead atoms. The first-order valence-corrected chi connectivity index (χ1v) is 7.03. The van der Waals surface area contributed by atoms with Gasteiger partial charge in [-0.2, -0.15) is 10.5 Å². The van der Waals surface area contributed by atoms with Crippen molar-refractivity contribution in [2.24, 2.45) is 17.6 Å². The Morgan fingerprint density at radius 2 is 2.06 bits per heavy atom. The van der Waals surface area contributed by atoms with Gasteiger partial charge in [0.1, 0.15) is 5.92 Å². The van der Waals surface area contributed by atoms with Crippen molar-refractivity contribution < 1.29 is 0 Å². The molecule has 18 heavy (non-hydrogen) atoms. The first kappa shape index (κ1) is 14.6. The van der Waals surface area contributed by atoms with Gasteiger partial charge in [-0.15, -0.1) is 0 Å². The number of nitrogens with one attached hydrogen (secondary N) is 1. The molecule has 1 heterocycles. The van der Waals surface area contributed by atoms with Crippen LogP contribution >= 0.6 is 11.8 Å². The van der Waals surface area contributed by atoms with Crippen LogP contribution in [-0.2, 0) is 0 Å². The summed E-state index contributed by atoms with van der Waals surface area (Å²) in [4.78, 5) is 0. The van der Waals surface area contributed by atoms with Gasteiger partial charge in [0.2, 0.25) is 0 Å². The van der Waals surface area contributed by atoms with Crippen LogP contribution in [0, 0.1) is 39.9 Å². The largest absolute Gasteiger partial charge is 0.392 e. The number of rotatable bonds is 5. The molecule has 3 N–H and O–H groups in total. The summed E-state index contributed by atoms with van der Waals surface area (Å²) < 4.78 is 0. The predicted octanol–water partition coefficient (Wildman–Crippen LogP) is 3.13. The standard InChI is InChI=1S/C13H18N4S/c1-2-3-4-5-6-9-10(7-14)12(16)18-13(17)11(9)8-15/h9-10,16H,2-6,17H2,1H3/t9-,10+/m1/s1. The van der Waals surface area contributed by atoms with E-state index in [9.17, 15) is 0 Å². The Labute approximate surface area is 112 Å². The minimum Gasteiger partial charge on any atom is -0.392 e. The summed E-state index contributed by atoms with van der Waals surface area (Å²) in [5.74, 6) is -0.691. The maximum atomic E-state index is 9.16. The molecule has 1 rings (SSSR count). The Morgan fingerprint density at radius 1 is 1.33 bits per heavy atom. The van der Waals surface area contributed by atoms with E-state index in [0.29, 0.717) is 10.6 Å². The molecule has 0 saturated heterocycles. The van der Waals surface area contributed by atoms with Crippen LogP contribution in [0.2, 0.25) is 0 Å². The summed E-state index contributed by atoms with van der Waals surface area (Å²) >= 11 is 1.05. The van der Waals surface area contributed by atoms with Crippen molar-refractivity contribution in [3.63, 3.8) is 0 Å². The van der Waals surface area contributed by atoms with Crippen LogP contribution in [0.4, 0.5) is 0 Å². The van der Waals surface area contributed by atoms with Gasteiger partial charge in [-0.3, -0.25) is 5.41 Å². The van der Waals surface area contributed by atoms with Crippen LogP contribution in [0.3, 0.4) is 0 Å². The third-order valence-corrected chi connectivity index (χ3v) is 4.08. The molecule has 0 aromatic rings. The summed E-state index contributed by atoms with van der Waals surface area (Å²) in [6, 6.07) is 4.26. The number of hydrogen-bond acceptors (Lipinski definition) is 5. The van der Waals surface area contributed by atoms with Gasteiger partial charge in [0.15, 0.2) is 0 Å². The molecule has 0 radical (unpaired) electrons. The van der Waals surface area contributed by atoms with Crippen molar-refractivity contribution in [1.29, 1.82) is 15.9 Å². The van der Waals surface area contributed by atoms with E-state index in [4.69, 9.17) is 21.7 Å². The highest BCUT2D eigenvalue weighted by Crippen LogP contribution is 2.39. The first-order chi connectivity index (χ1) is 8.65. The minimum absolute atomic E-state index is 0.189. The monoisotopic (exact) mass is 262 g/mol. The number of nitriles is 2. The molecule has 96 valence electrons. The van der Waals surface area contributed by atoms with Crippen LogP contribution in [-0.4, -0.2) is 5.04 Å². The van der Waals surface area contributed by atoms with Crippen molar-refractivity contribution >= 4 is 16.8 Å². The van der Waals surface area contributed by atoms with E-state index in [1.54, 1.807) is 0 Å². The van der Waals surface area contributed by atoms with Crippen LogP contribution in [0.5, 0.6) is 0 Å². The summed E-state index contributed by atoms with van der Waals surface area (Å²) in [5, 5.41) is 26.8.